The second-order valence-corrected chi connectivity index (χ2v) is 3.44. The summed E-state index contributed by atoms with van der Waals surface area (Å²) in [5, 5.41) is 3.13. The summed E-state index contributed by atoms with van der Waals surface area (Å²) in [6.07, 6.45) is 4.21. The number of hydrogen-bond acceptors (Lipinski definition) is 5. The maximum absolute atomic E-state index is 5.48. The molecule has 82 valence electrons. The molecule has 1 aromatic heterocycles. The van der Waals surface area contributed by atoms with E-state index in [9.17, 15) is 0 Å². The van der Waals surface area contributed by atoms with Gasteiger partial charge >= 0.3 is 0 Å². The minimum Gasteiger partial charge on any atom is -0.481 e. The van der Waals surface area contributed by atoms with Crippen LogP contribution in [0.5, 0.6) is 5.88 Å². The lowest BCUT2D eigenvalue weighted by molar-refractivity contribution is 0.120. The molecule has 0 aliphatic carbocycles. The molecule has 5 nitrogen and oxygen atoms in total. The molecular weight excluding hydrogens is 194 g/mol. The Kier molecular flexibility index (Phi) is 3.34. The third-order valence-electron chi connectivity index (χ3n) is 2.35. The molecule has 1 saturated heterocycles. The summed E-state index contributed by atoms with van der Waals surface area (Å²) in [7, 11) is 1.59. The van der Waals surface area contributed by atoms with Gasteiger partial charge in [-0.3, -0.25) is 0 Å². The molecule has 2 rings (SSSR count). The number of hydrogen-bond donors (Lipinski definition) is 1. The Hall–Kier alpha value is -1.36. The summed E-state index contributed by atoms with van der Waals surface area (Å²) in [4.78, 5) is 8.24. The Bertz CT molecular complexity index is 313. The molecule has 0 bridgehead atoms. The second-order valence-electron chi connectivity index (χ2n) is 3.44. The van der Waals surface area contributed by atoms with Crippen LogP contribution in [-0.2, 0) is 4.74 Å². The molecule has 5 heteroatoms. The lowest BCUT2D eigenvalue weighted by Gasteiger charge is -2.10. The molecule has 1 aliphatic heterocycles. The fourth-order valence-corrected chi connectivity index (χ4v) is 1.55. The van der Waals surface area contributed by atoms with E-state index in [1.807, 2.05) is 0 Å². The molecule has 0 saturated carbocycles. The van der Waals surface area contributed by atoms with Gasteiger partial charge in [0.15, 0.2) is 0 Å². The van der Waals surface area contributed by atoms with Gasteiger partial charge in [-0.1, -0.05) is 0 Å². The van der Waals surface area contributed by atoms with Crippen LogP contribution >= 0.6 is 0 Å². The summed E-state index contributed by atoms with van der Waals surface area (Å²) in [5.41, 5.74) is 0. The van der Waals surface area contributed by atoms with E-state index in [1.54, 1.807) is 19.4 Å². The van der Waals surface area contributed by atoms with Crippen molar-refractivity contribution in [2.24, 2.45) is 0 Å². The Morgan fingerprint density at radius 3 is 3.33 bits per heavy atom. The SMILES string of the molecule is COc1ccnc(NCC2CCCO2)n1. The molecule has 1 aromatic rings. The van der Waals surface area contributed by atoms with Crippen molar-refractivity contribution in [3.63, 3.8) is 0 Å². The van der Waals surface area contributed by atoms with Gasteiger partial charge in [0.25, 0.3) is 0 Å². The van der Waals surface area contributed by atoms with Gasteiger partial charge < -0.3 is 14.8 Å². The normalized spacial score (nSPS) is 20.2. The second kappa shape index (κ2) is 4.93. The maximum atomic E-state index is 5.48. The first-order chi connectivity index (χ1) is 7.38. The van der Waals surface area contributed by atoms with Crippen molar-refractivity contribution in [3.05, 3.63) is 12.3 Å². The quantitative estimate of drug-likeness (QED) is 0.804. The van der Waals surface area contributed by atoms with Crippen molar-refractivity contribution in [3.8, 4) is 5.88 Å². The monoisotopic (exact) mass is 209 g/mol. The molecule has 0 radical (unpaired) electrons. The largest absolute Gasteiger partial charge is 0.481 e. The minimum absolute atomic E-state index is 0.291. The molecule has 1 atom stereocenters. The van der Waals surface area contributed by atoms with Crippen LogP contribution in [0.2, 0.25) is 0 Å². The van der Waals surface area contributed by atoms with Crippen molar-refractivity contribution >= 4 is 5.95 Å². The van der Waals surface area contributed by atoms with E-state index in [4.69, 9.17) is 9.47 Å². The lowest BCUT2D eigenvalue weighted by Crippen LogP contribution is -2.19. The van der Waals surface area contributed by atoms with Crippen molar-refractivity contribution in [2.75, 3.05) is 25.6 Å². The molecule has 0 aromatic carbocycles. The van der Waals surface area contributed by atoms with Crippen LogP contribution in [0.3, 0.4) is 0 Å². The Labute approximate surface area is 88.8 Å². The van der Waals surface area contributed by atoms with Gasteiger partial charge in [-0.25, -0.2) is 4.98 Å². The summed E-state index contributed by atoms with van der Waals surface area (Å²) in [6, 6.07) is 1.72. The van der Waals surface area contributed by atoms with Gasteiger partial charge in [0.1, 0.15) is 0 Å². The molecular formula is C10H15N3O2. The van der Waals surface area contributed by atoms with Gasteiger partial charge in [0.05, 0.1) is 13.2 Å². The van der Waals surface area contributed by atoms with Crippen LogP contribution in [0.15, 0.2) is 12.3 Å². The number of rotatable bonds is 4. The van der Waals surface area contributed by atoms with Crippen LogP contribution in [-0.4, -0.2) is 36.3 Å². The number of nitrogens with one attached hydrogen (secondary N) is 1. The standard InChI is InChI=1S/C10H15N3O2/c1-14-9-4-5-11-10(13-9)12-7-8-3-2-6-15-8/h4-5,8H,2-3,6-7H2,1H3,(H,11,12,13). The summed E-state index contributed by atoms with van der Waals surface area (Å²) >= 11 is 0. The Morgan fingerprint density at radius 1 is 1.67 bits per heavy atom. The first kappa shape index (κ1) is 10.2. The molecule has 2 heterocycles. The fourth-order valence-electron chi connectivity index (χ4n) is 1.55. The third-order valence-corrected chi connectivity index (χ3v) is 2.35. The number of nitrogens with zero attached hydrogens (tertiary/aromatic N) is 2. The first-order valence-electron chi connectivity index (χ1n) is 5.11. The average Bonchev–Trinajstić information content (AvgIpc) is 2.79. The van der Waals surface area contributed by atoms with E-state index in [0.717, 1.165) is 26.0 Å². The predicted octanol–water partition coefficient (Wildman–Crippen LogP) is 1.08. The molecule has 1 aliphatic rings. The van der Waals surface area contributed by atoms with Gasteiger partial charge in [-0.05, 0) is 12.8 Å². The first-order valence-corrected chi connectivity index (χ1v) is 5.11. The fraction of sp³-hybridized carbons (Fsp3) is 0.600. The van der Waals surface area contributed by atoms with Crippen LogP contribution in [0.4, 0.5) is 5.95 Å². The molecule has 0 spiro atoms. The van der Waals surface area contributed by atoms with E-state index >= 15 is 0 Å². The van der Waals surface area contributed by atoms with E-state index in [2.05, 4.69) is 15.3 Å². The predicted molar refractivity (Wildman–Crippen MR) is 56.0 cm³/mol. The zero-order chi connectivity index (χ0) is 10.5. The number of aromatic nitrogens is 2. The highest BCUT2D eigenvalue weighted by atomic mass is 16.5. The molecule has 1 N–H and O–H groups in total. The molecule has 15 heavy (non-hydrogen) atoms. The highest BCUT2D eigenvalue weighted by molar-refractivity contribution is 5.27. The van der Waals surface area contributed by atoms with Crippen LogP contribution in [0.1, 0.15) is 12.8 Å². The molecule has 1 fully saturated rings. The van der Waals surface area contributed by atoms with Crippen molar-refractivity contribution in [1.29, 1.82) is 0 Å². The van der Waals surface area contributed by atoms with Crippen LogP contribution in [0.25, 0.3) is 0 Å². The zero-order valence-electron chi connectivity index (χ0n) is 8.77. The van der Waals surface area contributed by atoms with E-state index in [0.29, 0.717) is 17.9 Å². The highest BCUT2D eigenvalue weighted by Gasteiger charge is 2.15. The zero-order valence-corrected chi connectivity index (χ0v) is 8.77. The minimum atomic E-state index is 0.291. The van der Waals surface area contributed by atoms with Crippen LogP contribution in [0, 0.1) is 0 Å². The van der Waals surface area contributed by atoms with Gasteiger partial charge in [-0.2, -0.15) is 4.98 Å². The maximum Gasteiger partial charge on any atom is 0.226 e. The third kappa shape index (κ3) is 2.79. The van der Waals surface area contributed by atoms with Gasteiger partial charge in [0, 0.05) is 25.4 Å². The molecule has 0 amide bonds. The van der Waals surface area contributed by atoms with E-state index in [-0.39, 0.29) is 0 Å². The van der Waals surface area contributed by atoms with Crippen LogP contribution < -0.4 is 10.1 Å². The van der Waals surface area contributed by atoms with Gasteiger partial charge in [-0.15, -0.1) is 0 Å². The summed E-state index contributed by atoms with van der Waals surface area (Å²) in [5.74, 6) is 1.16. The number of anilines is 1. The van der Waals surface area contributed by atoms with E-state index in [1.165, 1.54) is 0 Å². The lowest BCUT2D eigenvalue weighted by atomic mass is 10.2. The average molecular weight is 209 g/mol. The number of methoxy groups -OCH3 is 1. The van der Waals surface area contributed by atoms with Crippen molar-refractivity contribution in [2.45, 2.75) is 18.9 Å². The summed E-state index contributed by atoms with van der Waals surface area (Å²) in [6.45, 7) is 1.62. The van der Waals surface area contributed by atoms with E-state index < -0.39 is 0 Å². The number of ether oxygens (including phenoxy) is 2. The Morgan fingerprint density at radius 2 is 2.60 bits per heavy atom. The summed E-state index contributed by atoms with van der Waals surface area (Å²) < 4.78 is 10.5. The highest BCUT2D eigenvalue weighted by Crippen LogP contribution is 2.13. The van der Waals surface area contributed by atoms with Crippen molar-refractivity contribution in [1.82, 2.24) is 9.97 Å². The molecule has 1 unspecified atom stereocenters. The topological polar surface area (TPSA) is 56.3 Å². The Balaban J connectivity index is 1.86. The smallest absolute Gasteiger partial charge is 0.226 e. The van der Waals surface area contributed by atoms with Crippen molar-refractivity contribution < 1.29 is 9.47 Å². The van der Waals surface area contributed by atoms with Gasteiger partial charge in [0.2, 0.25) is 11.8 Å².